The molecule has 0 aliphatic carbocycles. The first kappa shape index (κ1) is 13.2. The van der Waals surface area contributed by atoms with Crippen LogP contribution in [-0.4, -0.2) is 29.2 Å². The van der Waals surface area contributed by atoms with E-state index in [0.29, 0.717) is 31.0 Å². The number of anilines is 1. The molecule has 0 saturated heterocycles. The second-order valence-electron chi connectivity index (χ2n) is 4.10. The molecule has 1 amide bonds. The molecular formula is C13H16N4O2. The molecule has 3 N–H and O–H groups in total. The van der Waals surface area contributed by atoms with E-state index in [4.69, 9.17) is 10.5 Å². The Kier molecular flexibility index (Phi) is 4.25. The molecule has 0 atom stereocenters. The van der Waals surface area contributed by atoms with Gasteiger partial charge in [0.05, 0.1) is 6.61 Å². The Hall–Kier alpha value is -2.21. The molecule has 2 aromatic heterocycles. The SMILES string of the molecule is Cc1ccc2ccc(NC(=O)OCCCN)nc2n1. The van der Waals surface area contributed by atoms with Gasteiger partial charge < -0.3 is 10.5 Å². The Bertz CT molecular complexity index is 586. The average molecular weight is 260 g/mol. The minimum absolute atomic E-state index is 0.299. The molecule has 6 nitrogen and oxygen atoms in total. The van der Waals surface area contributed by atoms with Crippen LogP contribution in [0.1, 0.15) is 12.1 Å². The number of carbonyl (C=O) groups excluding carboxylic acids is 1. The molecule has 2 rings (SSSR count). The molecule has 0 bridgehead atoms. The summed E-state index contributed by atoms with van der Waals surface area (Å²) in [5, 5.41) is 3.48. The van der Waals surface area contributed by atoms with E-state index in [2.05, 4.69) is 15.3 Å². The van der Waals surface area contributed by atoms with Crippen LogP contribution in [0.15, 0.2) is 24.3 Å². The van der Waals surface area contributed by atoms with Gasteiger partial charge in [0.25, 0.3) is 0 Å². The van der Waals surface area contributed by atoms with Crippen LogP contribution in [0.25, 0.3) is 11.0 Å². The minimum Gasteiger partial charge on any atom is -0.449 e. The topological polar surface area (TPSA) is 90.1 Å². The van der Waals surface area contributed by atoms with Crippen molar-refractivity contribution in [3.63, 3.8) is 0 Å². The number of pyridine rings is 2. The van der Waals surface area contributed by atoms with Gasteiger partial charge in [-0.2, -0.15) is 0 Å². The van der Waals surface area contributed by atoms with Gasteiger partial charge in [0.15, 0.2) is 5.65 Å². The van der Waals surface area contributed by atoms with Crippen LogP contribution in [0.3, 0.4) is 0 Å². The third-order valence-corrected chi connectivity index (χ3v) is 2.50. The van der Waals surface area contributed by atoms with Crippen LogP contribution in [0, 0.1) is 6.92 Å². The predicted octanol–water partition coefficient (Wildman–Crippen LogP) is 1.84. The molecule has 0 aromatic carbocycles. The molecule has 2 heterocycles. The number of amides is 1. The molecular weight excluding hydrogens is 244 g/mol. The molecule has 0 unspecified atom stereocenters. The number of nitrogens with one attached hydrogen (secondary N) is 1. The molecule has 19 heavy (non-hydrogen) atoms. The molecule has 2 aromatic rings. The van der Waals surface area contributed by atoms with Gasteiger partial charge in [0, 0.05) is 11.1 Å². The average Bonchev–Trinajstić information content (AvgIpc) is 2.38. The molecule has 6 heteroatoms. The number of carbonyl (C=O) groups is 1. The Morgan fingerprint density at radius 2 is 2.11 bits per heavy atom. The van der Waals surface area contributed by atoms with E-state index in [9.17, 15) is 4.79 Å². The third-order valence-electron chi connectivity index (χ3n) is 2.50. The number of rotatable bonds is 4. The van der Waals surface area contributed by atoms with Gasteiger partial charge >= 0.3 is 6.09 Å². The van der Waals surface area contributed by atoms with Gasteiger partial charge in [0.2, 0.25) is 0 Å². The van der Waals surface area contributed by atoms with E-state index in [1.807, 2.05) is 25.1 Å². The van der Waals surface area contributed by atoms with E-state index in [-0.39, 0.29) is 0 Å². The first-order chi connectivity index (χ1) is 9.19. The number of nitrogens with zero attached hydrogens (tertiary/aromatic N) is 2. The summed E-state index contributed by atoms with van der Waals surface area (Å²) >= 11 is 0. The highest BCUT2D eigenvalue weighted by atomic mass is 16.5. The van der Waals surface area contributed by atoms with E-state index in [1.165, 1.54) is 0 Å². The summed E-state index contributed by atoms with van der Waals surface area (Å²) in [6, 6.07) is 7.42. The van der Waals surface area contributed by atoms with Gasteiger partial charge in [-0.05, 0) is 44.2 Å². The Morgan fingerprint density at radius 3 is 2.89 bits per heavy atom. The second kappa shape index (κ2) is 6.10. The van der Waals surface area contributed by atoms with Gasteiger partial charge in [-0.15, -0.1) is 0 Å². The summed E-state index contributed by atoms with van der Waals surface area (Å²) in [6.45, 7) is 2.68. The summed E-state index contributed by atoms with van der Waals surface area (Å²) in [6.07, 6.45) is 0.104. The lowest BCUT2D eigenvalue weighted by molar-refractivity contribution is 0.161. The summed E-state index contributed by atoms with van der Waals surface area (Å²) in [5.74, 6) is 0.420. The summed E-state index contributed by atoms with van der Waals surface area (Å²) in [7, 11) is 0. The lowest BCUT2D eigenvalue weighted by Crippen LogP contribution is -2.16. The van der Waals surface area contributed by atoms with Gasteiger partial charge in [-0.1, -0.05) is 0 Å². The van der Waals surface area contributed by atoms with Crippen LogP contribution < -0.4 is 11.1 Å². The quantitative estimate of drug-likeness (QED) is 0.818. The molecule has 0 saturated carbocycles. The fraction of sp³-hybridized carbons (Fsp3) is 0.308. The van der Waals surface area contributed by atoms with Crippen molar-refractivity contribution in [2.24, 2.45) is 5.73 Å². The molecule has 100 valence electrons. The molecule has 0 radical (unpaired) electrons. The lowest BCUT2D eigenvalue weighted by atomic mass is 10.2. The zero-order valence-corrected chi connectivity index (χ0v) is 10.7. The van der Waals surface area contributed by atoms with Crippen molar-refractivity contribution in [1.82, 2.24) is 9.97 Å². The number of fused-ring (bicyclic) bond motifs is 1. The first-order valence-electron chi connectivity index (χ1n) is 6.07. The van der Waals surface area contributed by atoms with Crippen LogP contribution in [0.5, 0.6) is 0 Å². The highest BCUT2D eigenvalue weighted by molar-refractivity contribution is 5.85. The number of aryl methyl sites for hydroxylation is 1. The smallest absolute Gasteiger partial charge is 0.412 e. The standard InChI is InChI=1S/C13H16N4O2/c1-9-3-4-10-5-6-11(16-12(10)15-9)17-13(18)19-8-2-7-14/h3-6H,2,7-8,14H2,1H3,(H,15,16,17,18). The van der Waals surface area contributed by atoms with Gasteiger partial charge in [0.1, 0.15) is 5.82 Å². The number of hydrogen-bond donors (Lipinski definition) is 2. The maximum absolute atomic E-state index is 11.5. The summed E-state index contributed by atoms with van der Waals surface area (Å²) < 4.78 is 4.93. The molecule has 0 aliphatic heterocycles. The van der Waals surface area contributed by atoms with Crippen LogP contribution in [0.2, 0.25) is 0 Å². The Labute approximate surface area is 111 Å². The third kappa shape index (κ3) is 3.62. The zero-order valence-electron chi connectivity index (χ0n) is 10.7. The summed E-state index contributed by atoms with van der Waals surface area (Å²) in [4.78, 5) is 20.0. The van der Waals surface area contributed by atoms with E-state index >= 15 is 0 Å². The Balaban J connectivity index is 2.06. The molecule has 0 aliphatic rings. The normalized spacial score (nSPS) is 10.4. The van der Waals surface area contributed by atoms with Crippen molar-refractivity contribution in [3.05, 3.63) is 30.0 Å². The Morgan fingerprint density at radius 1 is 1.32 bits per heavy atom. The maximum atomic E-state index is 11.5. The van der Waals surface area contributed by atoms with E-state index in [1.54, 1.807) is 6.07 Å². The van der Waals surface area contributed by atoms with Gasteiger partial charge in [-0.3, -0.25) is 5.32 Å². The fourth-order valence-corrected chi connectivity index (χ4v) is 1.55. The number of ether oxygens (including phenoxy) is 1. The zero-order chi connectivity index (χ0) is 13.7. The van der Waals surface area contributed by atoms with E-state index < -0.39 is 6.09 Å². The lowest BCUT2D eigenvalue weighted by Gasteiger charge is -2.06. The van der Waals surface area contributed by atoms with Crippen molar-refractivity contribution >= 4 is 22.9 Å². The largest absolute Gasteiger partial charge is 0.449 e. The number of nitrogens with two attached hydrogens (primary N) is 1. The highest BCUT2D eigenvalue weighted by Gasteiger charge is 2.05. The minimum atomic E-state index is -0.534. The van der Waals surface area contributed by atoms with Gasteiger partial charge in [-0.25, -0.2) is 14.8 Å². The van der Waals surface area contributed by atoms with E-state index in [0.717, 1.165) is 11.1 Å². The van der Waals surface area contributed by atoms with Crippen molar-refractivity contribution < 1.29 is 9.53 Å². The molecule has 0 fully saturated rings. The van der Waals surface area contributed by atoms with Crippen molar-refractivity contribution in [2.75, 3.05) is 18.5 Å². The van der Waals surface area contributed by atoms with Crippen molar-refractivity contribution in [3.8, 4) is 0 Å². The van der Waals surface area contributed by atoms with Crippen LogP contribution >= 0.6 is 0 Å². The van der Waals surface area contributed by atoms with Crippen molar-refractivity contribution in [2.45, 2.75) is 13.3 Å². The van der Waals surface area contributed by atoms with Crippen LogP contribution in [-0.2, 0) is 4.74 Å². The van der Waals surface area contributed by atoms with Crippen molar-refractivity contribution in [1.29, 1.82) is 0 Å². The summed E-state index contributed by atoms with van der Waals surface area (Å²) in [5.41, 5.74) is 6.79. The number of aromatic nitrogens is 2. The van der Waals surface area contributed by atoms with Crippen LogP contribution in [0.4, 0.5) is 10.6 Å². The predicted molar refractivity (Wildman–Crippen MR) is 72.9 cm³/mol. The maximum Gasteiger partial charge on any atom is 0.412 e. The molecule has 0 spiro atoms. The fourth-order valence-electron chi connectivity index (χ4n) is 1.55. The monoisotopic (exact) mass is 260 g/mol. The number of hydrogen-bond acceptors (Lipinski definition) is 5. The second-order valence-corrected chi connectivity index (χ2v) is 4.10. The highest BCUT2D eigenvalue weighted by Crippen LogP contribution is 2.13. The first-order valence-corrected chi connectivity index (χ1v) is 6.07.